The van der Waals surface area contributed by atoms with Gasteiger partial charge in [-0.25, -0.2) is 0 Å². The van der Waals surface area contributed by atoms with E-state index in [4.69, 9.17) is 9.90 Å². The van der Waals surface area contributed by atoms with Gasteiger partial charge in [-0.2, -0.15) is 0 Å². The summed E-state index contributed by atoms with van der Waals surface area (Å²) in [6.07, 6.45) is 0.255. The Labute approximate surface area is 279 Å². The van der Waals surface area contributed by atoms with Crippen molar-refractivity contribution in [1.82, 2.24) is 9.97 Å². The summed E-state index contributed by atoms with van der Waals surface area (Å²) in [5, 5.41) is 2.07. The van der Waals surface area contributed by atoms with Crippen molar-refractivity contribution in [2.45, 2.75) is 33.5 Å². The smallest absolute Gasteiger partial charge is 0.120 e. The predicted molar refractivity (Wildman–Crippen MR) is 177 cm³/mol. The van der Waals surface area contributed by atoms with E-state index in [2.05, 4.69) is 22.1 Å². The largest absolute Gasteiger partial charge is 0.501 e. The number of hydrogen-bond acceptors (Lipinski definition) is 3. The molecule has 0 saturated carbocycles. The van der Waals surface area contributed by atoms with Crippen LogP contribution < -0.4 is 0 Å². The Balaban J connectivity index is 0.000000188. The summed E-state index contributed by atoms with van der Waals surface area (Å²) in [6, 6.07) is 41.9. The Morgan fingerprint density at radius 1 is 0.727 bits per heavy atom. The molecule has 0 aliphatic heterocycles. The normalized spacial score (nSPS) is 13.1. The van der Waals surface area contributed by atoms with Crippen molar-refractivity contribution < 1.29 is 30.0 Å². The monoisotopic (exact) mass is 755 g/mol. The second-order valence-electron chi connectivity index (χ2n) is 11.2. The number of hydrogen-bond donors (Lipinski definition) is 0. The summed E-state index contributed by atoms with van der Waals surface area (Å²) in [5.41, 5.74) is 5.66. The SMILES string of the molecule is [2H]C([2H])(c1ccccc1)c1cccnc1-c1[c-]cccc1.[2H]C([2H])(c1ccnc(-c2[c-]ccc3c2oc2ccccc23)c1)C(C)(C)C.[Ir]. The second-order valence-corrected chi connectivity index (χ2v) is 11.2. The van der Waals surface area contributed by atoms with Crippen molar-refractivity contribution in [3.63, 3.8) is 0 Å². The number of nitrogens with zero attached hydrogens (tertiary/aromatic N) is 2. The summed E-state index contributed by atoms with van der Waals surface area (Å²) in [5.74, 6) is 0. The van der Waals surface area contributed by atoms with Gasteiger partial charge in [0, 0.05) is 43.4 Å². The first-order valence-electron chi connectivity index (χ1n) is 16.3. The zero-order valence-electron chi connectivity index (χ0n) is 28.8. The molecule has 0 fully saturated rings. The number of pyridine rings is 2. The molecule has 0 bridgehead atoms. The van der Waals surface area contributed by atoms with Crippen molar-refractivity contribution >= 4 is 21.9 Å². The van der Waals surface area contributed by atoms with Gasteiger partial charge in [-0.05, 0) is 53.3 Å². The molecule has 221 valence electrons. The average Bonchev–Trinajstić information content (AvgIpc) is 3.48. The van der Waals surface area contributed by atoms with Crippen LogP contribution in [0.25, 0.3) is 44.5 Å². The number of rotatable bonds is 5. The molecule has 7 rings (SSSR count). The quantitative estimate of drug-likeness (QED) is 0.164. The molecule has 0 atom stereocenters. The Morgan fingerprint density at radius 2 is 1.52 bits per heavy atom. The molecule has 0 unspecified atom stereocenters. The molecule has 4 aromatic carbocycles. The van der Waals surface area contributed by atoms with Crippen LogP contribution in [-0.4, -0.2) is 9.97 Å². The summed E-state index contributed by atoms with van der Waals surface area (Å²) in [6.45, 7) is 5.71. The zero-order chi connectivity index (χ0) is 33.2. The van der Waals surface area contributed by atoms with E-state index in [1.165, 1.54) is 0 Å². The minimum absolute atomic E-state index is 0. The number of para-hydroxylation sites is 1. The van der Waals surface area contributed by atoms with Crippen LogP contribution in [0.4, 0.5) is 0 Å². The van der Waals surface area contributed by atoms with Gasteiger partial charge in [0.25, 0.3) is 0 Å². The number of furan rings is 1. The molecule has 1 radical (unpaired) electrons. The van der Waals surface area contributed by atoms with Crippen LogP contribution in [-0.2, 0) is 32.9 Å². The van der Waals surface area contributed by atoms with E-state index in [1.54, 1.807) is 42.7 Å². The minimum atomic E-state index is -1.60. The fourth-order valence-electron chi connectivity index (χ4n) is 4.90. The summed E-state index contributed by atoms with van der Waals surface area (Å²) in [7, 11) is 0. The fourth-order valence-corrected chi connectivity index (χ4v) is 4.90. The van der Waals surface area contributed by atoms with Gasteiger partial charge in [0.05, 0.1) is 5.58 Å². The van der Waals surface area contributed by atoms with E-state index in [1.807, 2.05) is 106 Å². The summed E-state index contributed by atoms with van der Waals surface area (Å²) >= 11 is 0. The predicted octanol–water partition coefficient (Wildman–Crippen LogP) is 10.2. The van der Waals surface area contributed by atoms with E-state index in [0.717, 1.165) is 33.1 Å². The molecule has 0 aliphatic rings. The van der Waals surface area contributed by atoms with Crippen molar-refractivity contribution in [1.29, 1.82) is 0 Å². The third-order valence-corrected chi connectivity index (χ3v) is 6.70. The molecular weight excluding hydrogens is 717 g/mol. The molecule has 0 aliphatic carbocycles. The van der Waals surface area contributed by atoms with Gasteiger partial charge in [-0.1, -0.05) is 104 Å². The average molecular weight is 755 g/mol. The van der Waals surface area contributed by atoms with Crippen molar-refractivity contribution in [3.8, 4) is 22.5 Å². The first-order valence-corrected chi connectivity index (χ1v) is 14.3. The maximum absolute atomic E-state index is 8.53. The topological polar surface area (TPSA) is 38.9 Å². The van der Waals surface area contributed by atoms with E-state index in [9.17, 15) is 0 Å². The Bertz CT molecular complexity index is 2140. The number of fused-ring (bicyclic) bond motifs is 3. The maximum atomic E-state index is 8.53. The Kier molecular flexibility index (Phi) is 8.26. The molecule has 3 heterocycles. The molecular formula is C40H34IrN2O-2. The summed E-state index contributed by atoms with van der Waals surface area (Å²) in [4.78, 5) is 8.84. The van der Waals surface area contributed by atoms with Crippen LogP contribution in [0.15, 0.2) is 132 Å². The molecule has 0 amide bonds. The van der Waals surface area contributed by atoms with Crippen LogP contribution in [0.3, 0.4) is 0 Å². The standard InChI is InChI=1S/C22H20NO.C18H14N.Ir/c1-22(2,3)14-15-11-12-23-19(13-15)18-9-6-8-17-16-7-4-5-10-20(16)24-21(17)18;1-3-8-15(9-4-1)14-17-12-7-13-19-18(17)16-10-5-2-6-11-16;/h4-8,10-13H,14H2,1-3H3;1-10,12-13H,14H2;/q2*-1;/i2*14D2;. The molecule has 4 heteroatoms. The molecule has 0 saturated heterocycles. The minimum Gasteiger partial charge on any atom is -0.501 e. The van der Waals surface area contributed by atoms with Gasteiger partial charge >= 0.3 is 0 Å². The van der Waals surface area contributed by atoms with Gasteiger partial charge in [-0.15, -0.1) is 54.1 Å². The van der Waals surface area contributed by atoms with Gasteiger partial charge < -0.3 is 14.4 Å². The van der Waals surface area contributed by atoms with E-state index < -0.39 is 18.2 Å². The van der Waals surface area contributed by atoms with Gasteiger partial charge in [0.2, 0.25) is 0 Å². The number of aromatic nitrogens is 2. The van der Waals surface area contributed by atoms with Gasteiger partial charge in [-0.3, -0.25) is 0 Å². The first-order chi connectivity index (χ1) is 22.5. The molecule has 3 nitrogen and oxygen atoms in total. The van der Waals surface area contributed by atoms with Crippen LogP contribution >= 0.6 is 0 Å². The maximum Gasteiger partial charge on any atom is 0.120 e. The van der Waals surface area contributed by atoms with E-state index >= 15 is 0 Å². The Hall–Kier alpha value is -4.37. The van der Waals surface area contributed by atoms with Gasteiger partial charge in [0.15, 0.2) is 0 Å². The molecule has 0 spiro atoms. The fraction of sp³-hybridized carbons (Fsp3) is 0.150. The second kappa shape index (κ2) is 13.9. The van der Waals surface area contributed by atoms with E-state index in [0.29, 0.717) is 28.1 Å². The third-order valence-electron chi connectivity index (χ3n) is 6.70. The van der Waals surface area contributed by atoms with Crippen LogP contribution in [0.5, 0.6) is 0 Å². The summed E-state index contributed by atoms with van der Waals surface area (Å²) < 4.78 is 40.2. The van der Waals surface area contributed by atoms with Crippen molar-refractivity contribution in [2.75, 3.05) is 0 Å². The van der Waals surface area contributed by atoms with Crippen molar-refractivity contribution in [2.24, 2.45) is 5.41 Å². The molecule has 44 heavy (non-hydrogen) atoms. The molecule has 7 aromatic rings. The van der Waals surface area contributed by atoms with Crippen LogP contribution in [0.1, 0.15) is 42.9 Å². The van der Waals surface area contributed by atoms with E-state index in [-0.39, 0.29) is 20.1 Å². The molecule has 0 N–H and O–H groups in total. The molecule has 3 aromatic heterocycles. The van der Waals surface area contributed by atoms with Crippen molar-refractivity contribution in [3.05, 3.63) is 156 Å². The first kappa shape index (κ1) is 26.1. The van der Waals surface area contributed by atoms with Crippen LogP contribution in [0, 0.1) is 17.5 Å². The van der Waals surface area contributed by atoms with Gasteiger partial charge in [0.1, 0.15) is 5.58 Å². The van der Waals surface area contributed by atoms with Crippen LogP contribution in [0.2, 0.25) is 0 Å². The third kappa shape index (κ3) is 7.39. The zero-order valence-corrected chi connectivity index (χ0v) is 27.2. The Morgan fingerprint density at radius 3 is 2.32 bits per heavy atom. The number of benzene rings is 4.